The topological polar surface area (TPSA) is 41.5 Å². The molecule has 0 bridgehead atoms. The summed E-state index contributed by atoms with van der Waals surface area (Å²) < 4.78 is 5.00. The van der Waals surface area contributed by atoms with E-state index in [1.807, 2.05) is 25.1 Å². The number of nitrogens with one attached hydrogen (secondary N) is 1. The van der Waals surface area contributed by atoms with E-state index in [0.29, 0.717) is 24.9 Å². The third kappa shape index (κ3) is 3.36. The summed E-state index contributed by atoms with van der Waals surface area (Å²) in [6, 6.07) is 7.62. The van der Waals surface area contributed by atoms with Crippen molar-refractivity contribution in [3.8, 4) is 5.75 Å². The number of phenolic OH excluding ortho intramolecular Hbond substituents is 1. The fourth-order valence-corrected chi connectivity index (χ4v) is 1.25. The van der Waals surface area contributed by atoms with Crippen LogP contribution in [-0.2, 0) is 11.3 Å². The zero-order valence-electron chi connectivity index (χ0n) is 8.66. The fraction of sp³-hybridized carbons (Fsp3) is 0.455. The maximum absolute atomic E-state index is 9.48. The summed E-state index contributed by atoms with van der Waals surface area (Å²) in [5.74, 6) is 0.338. The number of hydrogen-bond donors (Lipinski definition) is 2. The molecule has 0 aliphatic heterocycles. The lowest BCUT2D eigenvalue weighted by molar-refractivity contribution is 0.171. The summed E-state index contributed by atoms with van der Waals surface area (Å²) in [5, 5.41) is 12.7. The van der Waals surface area contributed by atoms with Crippen molar-refractivity contribution < 1.29 is 9.84 Å². The number of ether oxygens (including phenoxy) is 1. The van der Waals surface area contributed by atoms with E-state index in [1.54, 1.807) is 13.2 Å². The first kappa shape index (κ1) is 11.0. The van der Waals surface area contributed by atoms with E-state index in [2.05, 4.69) is 5.32 Å². The Morgan fingerprint density at radius 1 is 1.43 bits per heavy atom. The molecule has 0 aliphatic carbocycles. The van der Waals surface area contributed by atoms with Gasteiger partial charge in [-0.15, -0.1) is 0 Å². The van der Waals surface area contributed by atoms with Gasteiger partial charge in [-0.05, 0) is 13.0 Å². The Morgan fingerprint density at radius 3 is 2.79 bits per heavy atom. The van der Waals surface area contributed by atoms with Crippen LogP contribution in [0.15, 0.2) is 24.3 Å². The summed E-state index contributed by atoms with van der Waals surface area (Å²) >= 11 is 0. The van der Waals surface area contributed by atoms with E-state index >= 15 is 0 Å². The van der Waals surface area contributed by atoms with Gasteiger partial charge < -0.3 is 15.2 Å². The highest BCUT2D eigenvalue weighted by Crippen LogP contribution is 2.14. The standard InChI is InChI=1S/C11H17NO2/c1-9(8-14-2)12-7-10-5-3-4-6-11(10)13/h3-6,9,12-13H,7-8H2,1-2H3/t9-/m1/s1. The Balaban J connectivity index is 2.41. The molecule has 1 atom stereocenters. The average molecular weight is 195 g/mol. The van der Waals surface area contributed by atoms with Gasteiger partial charge in [0, 0.05) is 25.3 Å². The molecular weight excluding hydrogens is 178 g/mol. The smallest absolute Gasteiger partial charge is 0.120 e. The lowest BCUT2D eigenvalue weighted by atomic mass is 10.2. The Morgan fingerprint density at radius 2 is 2.14 bits per heavy atom. The summed E-state index contributed by atoms with van der Waals surface area (Å²) in [7, 11) is 1.68. The number of hydrogen-bond acceptors (Lipinski definition) is 3. The van der Waals surface area contributed by atoms with Gasteiger partial charge in [-0.2, -0.15) is 0 Å². The van der Waals surface area contributed by atoms with Crippen LogP contribution < -0.4 is 5.32 Å². The number of para-hydroxylation sites is 1. The first-order chi connectivity index (χ1) is 6.74. The van der Waals surface area contributed by atoms with Crippen molar-refractivity contribution in [3.05, 3.63) is 29.8 Å². The first-order valence-corrected chi connectivity index (χ1v) is 4.73. The van der Waals surface area contributed by atoms with Crippen LogP contribution in [0.4, 0.5) is 0 Å². The van der Waals surface area contributed by atoms with Crippen LogP contribution in [0.5, 0.6) is 5.75 Å². The minimum atomic E-state index is 0.291. The molecule has 0 unspecified atom stereocenters. The summed E-state index contributed by atoms with van der Waals surface area (Å²) in [4.78, 5) is 0. The van der Waals surface area contributed by atoms with E-state index in [9.17, 15) is 5.11 Å². The maximum Gasteiger partial charge on any atom is 0.120 e. The van der Waals surface area contributed by atoms with E-state index < -0.39 is 0 Å². The Bertz CT molecular complexity index is 276. The molecule has 0 aromatic heterocycles. The highest BCUT2D eigenvalue weighted by Gasteiger charge is 2.02. The number of phenols is 1. The predicted octanol–water partition coefficient (Wildman–Crippen LogP) is 1.52. The van der Waals surface area contributed by atoms with Crippen LogP contribution in [0.2, 0.25) is 0 Å². The molecule has 1 aromatic rings. The molecule has 2 N–H and O–H groups in total. The molecule has 0 aliphatic rings. The molecule has 0 amide bonds. The minimum absolute atomic E-state index is 0.291. The zero-order valence-corrected chi connectivity index (χ0v) is 8.66. The van der Waals surface area contributed by atoms with Gasteiger partial charge in [0.15, 0.2) is 0 Å². The second-order valence-corrected chi connectivity index (χ2v) is 3.37. The molecule has 0 heterocycles. The van der Waals surface area contributed by atoms with Crippen LogP contribution in [0, 0.1) is 0 Å². The quantitative estimate of drug-likeness (QED) is 0.748. The van der Waals surface area contributed by atoms with Crippen LogP contribution >= 0.6 is 0 Å². The predicted molar refractivity (Wildman–Crippen MR) is 56.3 cm³/mol. The number of methoxy groups -OCH3 is 1. The molecule has 0 radical (unpaired) electrons. The van der Waals surface area contributed by atoms with Crippen LogP contribution in [0.25, 0.3) is 0 Å². The summed E-state index contributed by atoms with van der Waals surface area (Å²) in [6.07, 6.45) is 0. The number of aromatic hydroxyl groups is 1. The normalized spacial score (nSPS) is 12.7. The van der Waals surface area contributed by atoms with Gasteiger partial charge in [-0.3, -0.25) is 0 Å². The third-order valence-electron chi connectivity index (χ3n) is 2.05. The van der Waals surface area contributed by atoms with Crippen molar-refractivity contribution in [3.63, 3.8) is 0 Å². The first-order valence-electron chi connectivity index (χ1n) is 4.73. The van der Waals surface area contributed by atoms with Gasteiger partial charge in [0.05, 0.1) is 6.61 Å². The van der Waals surface area contributed by atoms with Crippen LogP contribution in [0.3, 0.4) is 0 Å². The van der Waals surface area contributed by atoms with Gasteiger partial charge in [0.25, 0.3) is 0 Å². The zero-order chi connectivity index (χ0) is 10.4. The molecule has 1 aromatic carbocycles. The lowest BCUT2D eigenvalue weighted by Gasteiger charge is -2.13. The van der Waals surface area contributed by atoms with E-state index in [-0.39, 0.29) is 0 Å². The van der Waals surface area contributed by atoms with Crippen molar-refractivity contribution in [2.24, 2.45) is 0 Å². The molecule has 1 rings (SSSR count). The van der Waals surface area contributed by atoms with E-state index in [4.69, 9.17) is 4.74 Å². The number of benzene rings is 1. The third-order valence-corrected chi connectivity index (χ3v) is 2.05. The molecule has 3 nitrogen and oxygen atoms in total. The molecular formula is C11H17NO2. The van der Waals surface area contributed by atoms with Crippen molar-refractivity contribution >= 4 is 0 Å². The molecule has 0 saturated heterocycles. The van der Waals surface area contributed by atoms with Crippen molar-refractivity contribution in [2.75, 3.05) is 13.7 Å². The van der Waals surface area contributed by atoms with Gasteiger partial charge >= 0.3 is 0 Å². The van der Waals surface area contributed by atoms with Gasteiger partial charge in [-0.1, -0.05) is 18.2 Å². The summed E-state index contributed by atoms with van der Waals surface area (Å²) in [5.41, 5.74) is 0.912. The second-order valence-electron chi connectivity index (χ2n) is 3.37. The molecule has 14 heavy (non-hydrogen) atoms. The maximum atomic E-state index is 9.48. The van der Waals surface area contributed by atoms with E-state index in [0.717, 1.165) is 5.56 Å². The van der Waals surface area contributed by atoms with Gasteiger partial charge in [0.2, 0.25) is 0 Å². The SMILES string of the molecule is COC[C@@H](C)NCc1ccccc1O. The molecule has 3 heteroatoms. The molecule has 0 spiro atoms. The van der Waals surface area contributed by atoms with Crippen molar-refractivity contribution in [1.82, 2.24) is 5.32 Å². The molecule has 0 saturated carbocycles. The van der Waals surface area contributed by atoms with Crippen molar-refractivity contribution in [1.29, 1.82) is 0 Å². The Labute approximate surface area is 84.7 Å². The number of rotatable bonds is 5. The average Bonchev–Trinajstić information content (AvgIpc) is 2.17. The summed E-state index contributed by atoms with van der Waals surface area (Å²) in [6.45, 7) is 3.38. The largest absolute Gasteiger partial charge is 0.508 e. The highest BCUT2D eigenvalue weighted by atomic mass is 16.5. The van der Waals surface area contributed by atoms with Crippen LogP contribution in [-0.4, -0.2) is 24.9 Å². The Kier molecular flexibility index (Phi) is 4.43. The minimum Gasteiger partial charge on any atom is -0.508 e. The monoisotopic (exact) mass is 195 g/mol. The molecule has 0 fully saturated rings. The highest BCUT2D eigenvalue weighted by molar-refractivity contribution is 5.31. The van der Waals surface area contributed by atoms with E-state index in [1.165, 1.54) is 0 Å². The van der Waals surface area contributed by atoms with Crippen molar-refractivity contribution in [2.45, 2.75) is 19.5 Å². The molecule has 78 valence electrons. The second kappa shape index (κ2) is 5.62. The fourth-order valence-electron chi connectivity index (χ4n) is 1.25. The van der Waals surface area contributed by atoms with Gasteiger partial charge in [0.1, 0.15) is 5.75 Å². The van der Waals surface area contributed by atoms with Gasteiger partial charge in [-0.25, -0.2) is 0 Å². The Hall–Kier alpha value is -1.06. The van der Waals surface area contributed by atoms with Crippen LogP contribution in [0.1, 0.15) is 12.5 Å². The lowest BCUT2D eigenvalue weighted by Crippen LogP contribution is -2.29.